The molecule has 0 aromatic heterocycles. The summed E-state index contributed by atoms with van der Waals surface area (Å²) in [4.78, 5) is 11.2. The van der Waals surface area contributed by atoms with E-state index < -0.39 is 16.3 Å². The molecule has 1 amide bonds. The highest BCUT2D eigenvalue weighted by Crippen LogP contribution is 2.05. The van der Waals surface area contributed by atoms with Gasteiger partial charge in [-0.2, -0.15) is 13.1 Å². The normalized spacial score (nSPS) is 14.1. The van der Waals surface area contributed by atoms with Crippen LogP contribution < -0.4 is 15.2 Å². The molecule has 1 unspecified atom stereocenters. The average molecular weight is 223 g/mol. The Morgan fingerprint density at radius 3 is 2.21 bits per heavy atom. The second-order valence-corrected chi connectivity index (χ2v) is 4.78. The lowest BCUT2D eigenvalue weighted by Gasteiger charge is -2.17. The number of hydrogen-bond acceptors (Lipinski definition) is 3. The quantitative estimate of drug-likeness (QED) is 0.553. The van der Waals surface area contributed by atoms with Crippen molar-refractivity contribution < 1.29 is 13.2 Å². The summed E-state index contributed by atoms with van der Waals surface area (Å²) in [7, 11) is -2.39. The van der Waals surface area contributed by atoms with Crippen molar-refractivity contribution in [3.63, 3.8) is 0 Å². The van der Waals surface area contributed by atoms with Crippen LogP contribution in [0.15, 0.2) is 0 Å². The fraction of sp³-hybridized carbons (Fsp3) is 0.857. The highest BCUT2D eigenvalue weighted by Gasteiger charge is 2.22. The third-order valence-corrected chi connectivity index (χ3v) is 2.19. The van der Waals surface area contributed by atoms with Gasteiger partial charge < -0.3 is 5.32 Å². The van der Waals surface area contributed by atoms with Gasteiger partial charge in [0.1, 0.15) is 6.04 Å². The third-order valence-electron chi connectivity index (χ3n) is 1.58. The van der Waals surface area contributed by atoms with Gasteiger partial charge in [0.15, 0.2) is 0 Å². The Hall–Kier alpha value is -0.660. The minimum Gasteiger partial charge on any atom is -0.358 e. The zero-order chi connectivity index (χ0) is 11.4. The third kappa shape index (κ3) is 5.90. The van der Waals surface area contributed by atoms with Crippen LogP contribution in [-0.2, 0) is 15.0 Å². The fourth-order valence-corrected chi connectivity index (χ4v) is 1.65. The Kier molecular flexibility index (Phi) is 5.03. The Balaban J connectivity index is 4.48. The summed E-state index contributed by atoms with van der Waals surface area (Å²) in [6, 6.07) is -0.796. The summed E-state index contributed by atoms with van der Waals surface area (Å²) in [5.74, 6) is -0.181. The first-order valence-electron chi connectivity index (χ1n) is 4.28. The van der Waals surface area contributed by atoms with Gasteiger partial charge in [-0.25, -0.2) is 5.14 Å². The number of nitrogens with one attached hydrogen (secondary N) is 2. The van der Waals surface area contributed by atoms with Gasteiger partial charge in [0, 0.05) is 7.05 Å². The zero-order valence-electron chi connectivity index (χ0n) is 8.57. The molecule has 0 fully saturated rings. The Bertz CT molecular complexity index is 287. The van der Waals surface area contributed by atoms with Gasteiger partial charge in [-0.05, 0) is 12.3 Å². The summed E-state index contributed by atoms with van der Waals surface area (Å²) in [5.41, 5.74) is 0. The monoisotopic (exact) mass is 223 g/mol. The highest BCUT2D eigenvalue weighted by atomic mass is 32.2. The van der Waals surface area contributed by atoms with Crippen molar-refractivity contribution in [2.45, 2.75) is 26.3 Å². The molecule has 0 aromatic rings. The maximum absolute atomic E-state index is 11.2. The van der Waals surface area contributed by atoms with Crippen LogP contribution in [0, 0.1) is 5.92 Å². The van der Waals surface area contributed by atoms with Crippen LogP contribution in [0.5, 0.6) is 0 Å². The predicted octanol–water partition coefficient (Wildman–Crippen LogP) is -1.06. The predicted molar refractivity (Wildman–Crippen MR) is 53.6 cm³/mol. The topological polar surface area (TPSA) is 101 Å². The van der Waals surface area contributed by atoms with Crippen molar-refractivity contribution in [2.24, 2.45) is 11.1 Å². The number of hydrogen-bond donors (Lipinski definition) is 3. The summed E-state index contributed by atoms with van der Waals surface area (Å²) in [6.45, 7) is 3.78. The Morgan fingerprint density at radius 2 is 1.93 bits per heavy atom. The van der Waals surface area contributed by atoms with E-state index in [0.29, 0.717) is 6.42 Å². The van der Waals surface area contributed by atoms with E-state index in [2.05, 4.69) is 10.0 Å². The van der Waals surface area contributed by atoms with Gasteiger partial charge in [0.2, 0.25) is 5.91 Å². The maximum Gasteiger partial charge on any atom is 0.275 e. The van der Waals surface area contributed by atoms with Gasteiger partial charge in [0.05, 0.1) is 0 Å². The van der Waals surface area contributed by atoms with Crippen LogP contribution in [0.2, 0.25) is 0 Å². The molecule has 0 radical (unpaired) electrons. The summed E-state index contributed by atoms with van der Waals surface area (Å²) in [6.07, 6.45) is 0.413. The fourth-order valence-electron chi connectivity index (χ4n) is 1.05. The van der Waals surface area contributed by atoms with E-state index in [1.807, 2.05) is 13.8 Å². The molecular weight excluding hydrogens is 206 g/mol. The molecule has 84 valence electrons. The molecule has 4 N–H and O–H groups in total. The van der Waals surface area contributed by atoms with Crippen LogP contribution in [0.3, 0.4) is 0 Å². The first-order valence-corrected chi connectivity index (χ1v) is 5.82. The maximum atomic E-state index is 11.2. The van der Waals surface area contributed by atoms with Crippen LogP contribution in [0.1, 0.15) is 20.3 Å². The number of carbonyl (C=O) groups excluding carboxylic acids is 1. The number of carbonyl (C=O) groups is 1. The van der Waals surface area contributed by atoms with Crippen LogP contribution in [0.25, 0.3) is 0 Å². The van der Waals surface area contributed by atoms with Crippen molar-refractivity contribution in [1.29, 1.82) is 0 Å². The van der Waals surface area contributed by atoms with E-state index in [9.17, 15) is 13.2 Å². The van der Waals surface area contributed by atoms with E-state index in [1.165, 1.54) is 7.05 Å². The molecule has 0 saturated carbocycles. The molecule has 0 aliphatic rings. The molecule has 6 nitrogen and oxygen atoms in total. The minimum absolute atomic E-state index is 0.201. The second kappa shape index (κ2) is 5.28. The zero-order valence-corrected chi connectivity index (χ0v) is 9.39. The van der Waals surface area contributed by atoms with E-state index in [4.69, 9.17) is 5.14 Å². The molecule has 0 rings (SSSR count). The smallest absolute Gasteiger partial charge is 0.275 e. The van der Waals surface area contributed by atoms with Crippen molar-refractivity contribution in [2.75, 3.05) is 7.05 Å². The number of rotatable bonds is 5. The van der Waals surface area contributed by atoms with Gasteiger partial charge >= 0.3 is 0 Å². The molecular formula is C7H17N3O3S. The van der Waals surface area contributed by atoms with E-state index >= 15 is 0 Å². The molecule has 0 aromatic carbocycles. The molecule has 0 saturated heterocycles. The largest absolute Gasteiger partial charge is 0.358 e. The van der Waals surface area contributed by atoms with Crippen molar-refractivity contribution >= 4 is 16.1 Å². The van der Waals surface area contributed by atoms with E-state index in [-0.39, 0.29) is 11.8 Å². The van der Waals surface area contributed by atoms with Gasteiger partial charge in [0.25, 0.3) is 10.2 Å². The molecule has 0 bridgehead atoms. The number of nitrogens with two attached hydrogens (primary N) is 1. The lowest BCUT2D eigenvalue weighted by molar-refractivity contribution is -0.122. The molecule has 0 spiro atoms. The summed E-state index contributed by atoms with van der Waals surface area (Å²) < 4.78 is 23.5. The minimum atomic E-state index is -3.83. The summed E-state index contributed by atoms with van der Waals surface area (Å²) >= 11 is 0. The first-order chi connectivity index (χ1) is 6.26. The number of amides is 1. The first kappa shape index (κ1) is 13.3. The lowest BCUT2D eigenvalue weighted by Crippen LogP contribution is -2.48. The van der Waals surface area contributed by atoms with Gasteiger partial charge in [-0.15, -0.1) is 0 Å². The molecule has 0 aliphatic heterocycles. The van der Waals surface area contributed by atoms with Gasteiger partial charge in [-0.3, -0.25) is 4.79 Å². The van der Waals surface area contributed by atoms with Crippen LogP contribution in [0.4, 0.5) is 0 Å². The van der Waals surface area contributed by atoms with Crippen molar-refractivity contribution in [3.8, 4) is 0 Å². The van der Waals surface area contributed by atoms with Crippen LogP contribution >= 0.6 is 0 Å². The Labute approximate surface area is 84.4 Å². The van der Waals surface area contributed by atoms with Crippen molar-refractivity contribution in [1.82, 2.24) is 10.0 Å². The average Bonchev–Trinajstić information content (AvgIpc) is 1.98. The molecule has 0 heterocycles. The van der Waals surface area contributed by atoms with Gasteiger partial charge in [-0.1, -0.05) is 13.8 Å². The van der Waals surface area contributed by atoms with E-state index in [1.54, 1.807) is 0 Å². The van der Waals surface area contributed by atoms with E-state index in [0.717, 1.165) is 0 Å². The summed E-state index contributed by atoms with van der Waals surface area (Å²) in [5, 5.41) is 7.16. The lowest BCUT2D eigenvalue weighted by atomic mass is 10.0. The highest BCUT2D eigenvalue weighted by molar-refractivity contribution is 7.87. The van der Waals surface area contributed by atoms with Crippen molar-refractivity contribution in [3.05, 3.63) is 0 Å². The standard InChI is InChI=1S/C7H17N3O3S/c1-5(2)4-6(7(11)9-3)10-14(8,12)13/h5-6,10H,4H2,1-3H3,(H,9,11)(H2,8,12,13). The molecule has 14 heavy (non-hydrogen) atoms. The molecule has 7 heteroatoms. The number of likely N-dealkylation sites (N-methyl/N-ethyl adjacent to an activating group) is 1. The molecule has 0 aliphatic carbocycles. The second-order valence-electron chi connectivity index (χ2n) is 3.46. The van der Waals surface area contributed by atoms with Crippen LogP contribution in [-0.4, -0.2) is 27.4 Å². The molecule has 1 atom stereocenters. The SMILES string of the molecule is CNC(=O)C(CC(C)C)NS(N)(=O)=O. The Morgan fingerprint density at radius 1 is 1.43 bits per heavy atom.